The highest BCUT2D eigenvalue weighted by Gasteiger charge is 2.26. The van der Waals surface area contributed by atoms with E-state index < -0.39 is 0 Å². The van der Waals surface area contributed by atoms with Gasteiger partial charge in [-0.1, -0.05) is 224 Å². The maximum absolute atomic E-state index is 2.50. The van der Waals surface area contributed by atoms with Crippen molar-refractivity contribution in [2.24, 2.45) is 0 Å². The van der Waals surface area contributed by atoms with E-state index in [0.29, 0.717) is 0 Å². The molecule has 0 atom stereocenters. The summed E-state index contributed by atoms with van der Waals surface area (Å²) in [6.45, 7) is 0. The molecule has 0 heterocycles. The normalized spacial score (nSPS) is 11.2. The Morgan fingerprint density at radius 1 is 0.222 bits per heavy atom. The summed E-state index contributed by atoms with van der Waals surface area (Å²) in [7, 11) is 0. The quantitative estimate of drug-likeness (QED) is 0.131. The van der Waals surface area contributed by atoms with Crippen molar-refractivity contribution in [1.82, 2.24) is 0 Å². The minimum Gasteiger partial charge on any atom is -0.309 e. The summed E-state index contributed by atoms with van der Waals surface area (Å²) in [4.78, 5) is 2.50. The van der Waals surface area contributed by atoms with Crippen LogP contribution in [-0.4, -0.2) is 0 Å². The largest absolute Gasteiger partial charge is 0.309 e. The van der Waals surface area contributed by atoms with E-state index in [1.165, 1.54) is 77.2 Å². The maximum Gasteiger partial charge on any atom is 0.0546 e. The monoisotopic (exact) mass is 801 g/mol. The van der Waals surface area contributed by atoms with Crippen LogP contribution >= 0.6 is 0 Å². The van der Waals surface area contributed by atoms with Gasteiger partial charge in [0.2, 0.25) is 0 Å². The highest BCUT2D eigenvalue weighted by atomic mass is 15.1. The van der Waals surface area contributed by atoms with Crippen LogP contribution in [0.15, 0.2) is 261 Å². The van der Waals surface area contributed by atoms with Crippen molar-refractivity contribution in [3.8, 4) is 66.8 Å². The number of anilines is 3. The van der Waals surface area contributed by atoms with Gasteiger partial charge in [-0.2, -0.15) is 0 Å². The van der Waals surface area contributed by atoms with E-state index in [1.54, 1.807) is 0 Å². The van der Waals surface area contributed by atoms with E-state index in [-0.39, 0.29) is 0 Å². The fourth-order valence-electron chi connectivity index (χ4n) is 9.31. The molecule has 0 saturated carbocycles. The minimum atomic E-state index is 1.07. The predicted molar refractivity (Wildman–Crippen MR) is 269 cm³/mol. The van der Waals surface area contributed by atoms with Gasteiger partial charge in [0.15, 0.2) is 0 Å². The van der Waals surface area contributed by atoms with Crippen molar-refractivity contribution in [2.75, 3.05) is 4.90 Å². The van der Waals surface area contributed by atoms with Gasteiger partial charge in [0.25, 0.3) is 0 Å². The standard InChI is InChI=1S/C62H43N/c1-5-20-44(21-6-1)46-36-39-51(40-37-46)63(60-41-38-49(45-22-7-2-8-23-45)42-58(60)48-26-11-4-12-27-48)61-35-19-34-57(55-32-16-15-29-52(55)47-24-9-3-10-25-47)62(61)59-43-50-28-13-14-30-53(50)54-31-17-18-33-56(54)59/h1-43H. The SMILES string of the molecule is c1ccc(-c2ccc(N(c3ccc(-c4ccccc4)cc3-c3ccccc3)c3cccc(-c4ccccc4-c4ccccc4)c3-c3cc4ccccc4c4ccccc34)cc2)cc1. The number of rotatable bonds is 9. The van der Waals surface area contributed by atoms with E-state index in [1.807, 2.05) is 0 Å². The number of hydrogen-bond acceptors (Lipinski definition) is 1. The molecule has 0 aliphatic rings. The van der Waals surface area contributed by atoms with Crippen LogP contribution < -0.4 is 4.90 Å². The third kappa shape index (κ3) is 7.16. The first kappa shape index (κ1) is 37.7. The number of hydrogen-bond donors (Lipinski definition) is 0. The highest BCUT2D eigenvalue weighted by molar-refractivity contribution is 6.17. The number of benzene rings is 11. The van der Waals surface area contributed by atoms with Gasteiger partial charge >= 0.3 is 0 Å². The van der Waals surface area contributed by atoms with Crippen LogP contribution in [0.2, 0.25) is 0 Å². The van der Waals surface area contributed by atoms with Gasteiger partial charge in [-0.25, -0.2) is 0 Å². The highest BCUT2D eigenvalue weighted by Crippen LogP contribution is 2.51. The lowest BCUT2D eigenvalue weighted by atomic mass is 9.85. The van der Waals surface area contributed by atoms with Crippen LogP contribution in [0.4, 0.5) is 17.1 Å². The third-order valence-electron chi connectivity index (χ3n) is 12.3. The van der Waals surface area contributed by atoms with Crippen LogP contribution in [0, 0.1) is 0 Å². The van der Waals surface area contributed by atoms with Gasteiger partial charge < -0.3 is 4.90 Å². The van der Waals surface area contributed by atoms with Crippen molar-refractivity contribution in [3.63, 3.8) is 0 Å². The minimum absolute atomic E-state index is 1.07. The van der Waals surface area contributed by atoms with Crippen LogP contribution in [0.3, 0.4) is 0 Å². The Bertz CT molecular complexity index is 3360. The molecule has 1 heteroatoms. The van der Waals surface area contributed by atoms with Gasteiger partial charge in [-0.15, -0.1) is 0 Å². The van der Waals surface area contributed by atoms with Crippen molar-refractivity contribution in [2.45, 2.75) is 0 Å². The molecule has 0 spiro atoms. The first-order chi connectivity index (χ1) is 31.3. The molecule has 63 heavy (non-hydrogen) atoms. The Balaban J connectivity index is 1.26. The van der Waals surface area contributed by atoms with Crippen molar-refractivity contribution >= 4 is 38.6 Å². The molecule has 0 aromatic heterocycles. The molecule has 11 rings (SSSR count). The van der Waals surface area contributed by atoms with Crippen molar-refractivity contribution in [3.05, 3.63) is 261 Å². The Hall–Kier alpha value is -8.26. The topological polar surface area (TPSA) is 3.24 Å². The molecule has 0 radical (unpaired) electrons. The van der Waals surface area contributed by atoms with Gasteiger partial charge in [-0.3, -0.25) is 0 Å². The van der Waals surface area contributed by atoms with Crippen molar-refractivity contribution in [1.29, 1.82) is 0 Å². The second kappa shape index (κ2) is 16.7. The Morgan fingerprint density at radius 2 is 0.698 bits per heavy atom. The third-order valence-corrected chi connectivity index (χ3v) is 12.3. The van der Waals surface area contributed by atoms with Crippen LogP contribution in [0.1, 0.15) is 0 Å². The first-order valence-corrected chi connectivity index (χ1v) is 21.7. The van der Waals surface area contributed by atoms with E-state index in [9.17, 15) is 0 Å². The molecule has 11 aromatic rings. The van der Waals surface area contributed by atoms with Crippen LogP contribution in [-0.2, 0) is 0 Å². The van der Waals surface area contributed by atoms with Gasteiger partial charge in [0, 0.05) is 16.8 Å². The zero-order chi connectivity index (χ0) is 42.0. The summed E-state index contributed by atoms with van der Waals surface area (Å²) < 4.78 is 0. The number of fused-ring (bicyclic) bond motifs is 3. The Labute approximate surface area is 369 Å². The smallest absolute Gasteiger partial charge is 0.0546 e. The summed E-state index contributed by atoms with van der Waals surface area (Å²) in [5.41, 5.74) is 17.3. The zero-order valence-corrected chi connectivity index (χ0v) is 34.8. The molecule has 11 aromatic carbocycles. The molecule has 1 nitrogen and oxygen atoms in total. The molecule has 0 amide bonds. The number of nitrogens with zero attached hydrogens (tertiary/aromatic N) is 1. The predicted octanol–water partition coefficient (Wildman–Crippen LogP) is 17.5. The average molecular weight is 802 g/mol. The average Bonchev–Trinajstić information content (AvgIpc) is 3.37. The van der Waals surface area contributed by atoms with E-state index in [0.717, 1.165) is 28.2 Å². The Kier molecular flexibility index (Phi) is 9.97. The van der Waals surface area contributed by atoms with E-state index in [2.05, 4.69) is 266 Å². The summed E-state index contributed by atoms with van der Waals surface area (Å²) in [5, 5.41) is 4.90. The summed E-state index contributed by atoms with van der Waals surface area (Å²) in [6.07, 6.45) is 0. The van der Waals surface area contributed by atoms with E-state index >= 15 is 0 Å². The summed E-state index contributed by atoms with van der Waals surface area (Å²) in [6, 6.07) is 94.9. The molecule has 0 saturated heterocycles. The lowest BCUT2D eigenvalue weighted by molar-refractivity contribution is 1.28. The van der Waals surface area contributed by atoms with Crippen LogP contribution in [0.25, 0.3) is 88.3 Å². The van der Waals surface area contributed by atoms with Gasteiger partial charge in [-0.05, 0) is 114 Å². The lowest BCUT2D eigenvalue weighted by Crippen LogP contribution is -2.13. The molecular weight excluding hydrogens is 759 g/mol. The van der Waals surface area contributed by atoms with E-state index in [4.69, 9.17) is 0 Å². The van der Waals surface area contributed by atoms with Crippen LogP contribution in [0.5, 0.6) is 0 Å². The summed E-state index contributed by atoms with van der Waals surface area (Å²) >= 11 is 0. The maximum atomic E-state index is 2.50. The molecule has 0 fully saturated rings. The molecule has 0 aliphatic carbocycles. The lowest BCUT2D eigenvalue weighted by Gasteiger charge is -2.32. The first-order valence-electron chi connectivity index (χ1n) is 21.7. The molecule has 0 aliphatic heterocycles. The fraction of sp³-hybridized carbons (Fsp3) is 0. The molecular formula is C62H43N. The molecule has 0 unspecified atom stereocenters. The van der Waals surface area contributed by atoms with Gasteiger partial charge in [0.05, 0.1) is 11.4 Å². The summed E-state index contributed by atoms with van der Waals surface area (Å²) in [5.74, 6) is 0. The Morgan fingerprint density at radius 3 is 1.37 bits per heavy atom. The molecule has 0 N–H and O–H groups in total. The molecule has 0 bridgehead atoms. The van der Waals surface area contributed by atoms with Gasteiger partial charge in [0.1, 0.15) is 0 Å². The molecule has 296 valence electrons. The van der Waals surface area contributed by atoms with Crippen molar-refractivity contribution < 1.29 is 0 Å². The zero-order valence-electron chi connectivity index (χ0n) is 34.8. The second-order valence-corrected chi connectivity index (χ2v) is 16.0. The second-order valence-electron chi connectivity index (χ2n) is 16.0. The fourth-order valence-corrected chi connectivity index (χ4v) is 9.31.